The summed E-state index contributed by atoms with van der Waals surface area (Å²) in [4.78, 5) is 15.1. The molecular formula is C22H25ClN2O2. The Hall–Kier alpha value is -2.20. The first-order chi connectivity index (χ1) is 13.2. The lowest BCUT2D eigenvalue weighted by atomic mass is 10.0. The van der Waals surface area contributed by atoms with Crippen molar-refractivity contribution in [3.63, 3.8) is 0 Å². The number of methoxy groups -OCH3 is 1. The fourth-order valence-electron chi connectivity index (χ4n) is 3.97. The standard InChI is InChI=1S/C22H25ClN2O2/c1-27-19-12-8-15(9-13-19)20-3-2-14-25(20)22(26)24-21(16-4-5-16)17-6-10-18(23)11-7-17/h6-13,16,20-21H,2-5,14H2,1H3,(H,24,26). The molecule has 2 atom stereocenters. The fraction of sp³-hybridized carbons (Fsp3) is 0.409. The van der Waals surface area contributed by atoms with Gasteiger partial charge in [-0.3, -0.25) is 0 Å². The molecule has 2 fully saturated rings. The lowest BCUT2D eigenvalue weighted by Crippen LogP contribution is -2.41. The minimum absolute atomic E-state index is 0.0279. The Morgan fingerprint density at radius 2 is 1.81 bits per heavy atom. The van der Waals surface area contributed by atoms with Gasteiger partial charge in [-0.1, -0.05) is 35.9 Å². The Morgan fingerprint density at radius 3 is 2.44 bits per heavy atom. The van der Waals surface area contributed by atoms with Crippen LogP contribution in [0.4, 0.5) is 4.79 Å². The fourth-order valence-corrected chi connectivity index (χ4v) is 4.10. The number of carbonyl (C=O) groups is 1. The van der Waals surface area contributed by atoms with Gasteiger partial charge >= 0.3 is 6.03 Å². The molecule has 1 N–H and O–H groups in total. The molecule has 1 saturated carbocycles. The van der Waals surface area contributed by atoms with Crippen molar-refractivity contribution in [1.82, 2.24) is 10.2 Å². The lowest BCUT2D eigenvalue weighted by molar-refractivity contribution is 0.187. The van der Waals surface area contributed by atoms with Gasteiger partial charge in [0, 0.05) is 11.6 Å². The second kappa shape index (κ2) is 7.81. The second-order valence-electron chi connectivity index (χ2n) is 7.44. The molecule has 27 heavy (non-hydrogen) atoms. The highest BCUT2D eigenvalue weighted by Crippen LogP contribution is 2.42. The highest BCUT2D eigenvalue weighted by atomic mass is 35.5. The smallest absolute Gasteiger partial charge is 0.318 e. The van der Waals surface area contributed by atoms with E-state index in [-0.39, 0.29) is 18.1 Å². The van der Waals surface area contributed by atoms with Gasteiger partial charge in [0.05, 0.1) is 19.2 Å². The summed E-state index contributed by atoms with van der Waals surface area (Å²) in [5, 5.41) is 4.02. The van der Waals surface area contributed by atoms with Crippen LogP contribution < -0.4 is 10.1 Å². The zero-order valence-electron chi connectivity index (χ0n) is 15.5. The molecular weight excluding hydrogens is 360 g/mol. The molecule has 5 heteroatoms. The topological polar surface area (TPSA) is 41.6 Å². The first-order valence-electron chi connectivity index (χ1n) is 9.62. The van der Waals surface area contributed by atoms with E-state index >= 15 is 0 Å². The van der Waals surface area contributed by atoms with Crippen LogP contribution in [0.3, 0.4) is 0 Å². The summed E-state index contributed by atoms with van der Waals surface area (Å²) in [6.07, 6.45) is 4.35. The summed E-state index contributed by atoms with van der Waals surface area (Å²) in [7, 11) is 1.67. The van der Waals surface area contributed by atoms with Crippen molar-refractivity contribution in [3.8, 4) is 5.75 Å². The number of nitrogens with zero attached hydrogens (tertiary/aromatic N) is 1. The number of ether oxygens (including phenoxy) is 1. The molecule has 0 aromatic heterocycles. The van der Waals surface area contributed by atoms with Crippen LogP contribution in [0.2, 0.25) is 5.02 Å². The number of amides is 2. The molecule has 1 aliphatic carbocycles. The van der Waals surface area contributed by atoms with E-state index in [0.29, 0.717) is 5.92 Å². The quantitative estimate of drug-likeness (QED) is 0.755. The molecule has 4 nitrogen and oxygen atoms in total. The van der Waals surface area contributed by atoms with E-state index in [9.17, 15) is 4.79 Å². The van der Waals surface area contributed by atoms with Gasteiger partial charge in [-0.25, -0.2) is 4.79 Å². The molecule has 2 amide bonds. The Bertz CT molecular complexity index is 787. The largest absolute Gasteiger partial charge is 0.497 e. The minimum atomic E-state index is 0.0279. The monoisotopic (exact) mass is 384 g/mol. The predicted molar refractivity (Wildman–Crippen MR) is 107 cm³/mol. The van der Waals surface area contributed by atoms with Crippen LogP contribution in [-0.2, 0) is 0 Å². The van der Waals surface area contributed by atoms with Gasteiger partial charge in [0.15, 0.2) is 0 Å². The third kappa shape index (κ3) is 4.06. The number of halogens is 1. The van der Waals surface area contributed by atoms with Gasteiger partial charge < -0.3 is 15.0 Å². The molecule has 2 aliphatic rings. The molecule has 0 bridgehead atoms. The number of hydrogen-bond donors (Lipinski definition) is 1. The number of urea groups is 1. The molecule has 2 unspecified atom stereocenters. The average Bonchev–Trinajstić information content (AvgIpc) is 3.42. The highest BCUT2D eigenvalue weighted by Gasteiger charge is 2.36. The second-order valence-corrected chi connectivity index (χ2v) is 7.88. The number of hydrogen-bond acceptors (Lipinski definition) is 2. The van der Waals surface area contributed by atoms with Gasteiger partial charge in [0.1, 0.15) is 5.75 Å². The highest BCUT2D eigenvalue weighted by molar-refractivity contribution is 6.30. The van der Waals surface area contributed by atoms with E-state index in [0.717, 1.165) is 54.1 Å². The summed E-state index contributed by atoms with van der Waals surface area (Å²) in [5.74, 6) is 1.36. The lowest BCUT2D eigenvalue weighted by Gasteiger charge is -2.28. The summed E-state index contributed by atoms with van der Waals surface area (Å²) < 4.78 is 5.25. The third-order valence-electron chi connectivity index (χ3n) is 5.62. The molecule has 2 aromatic carbocycles. The molecule has 1 heterocycles. The maximum Gasteiger partial charge on any atom is 0.318 e. The molecule has 1 aliphatic heterocycles. The SMILES string of the molecule is COc1ccc(C2CCCN2C(=O)NC(c2ccc(Cl)cc2)C2CC2)cc1. The van der Waals surface area contributed by atoms with E-state index in [1.807, 2.05) is 41.3 Å². The summed E-state index contributed by atoms with van der Waals surface area (Å²) in [5.41, 5.74) is 2.30. The van der Waals surface area contributed by atoms with Crippen molar-refractivity contribution in [2.45, 2.75) is 37.8 Å². The van der Waals surface area contributed by atoms with E-state index in [2.05, 4.69) is 17.4 Å². The zero-order chi connectivity index (χ0) is 18.8. The number of rotatable bonds is 5. The maximum atomic E-state index is 13.1. The van der Waals surface area contributed by atoms with Gasteiger partial charge in [-0.2, -0.15) is 0 Å². The van der Waals surface area contributed by atoms with Crippen LogP contribution in [0.1, 0.15) is 48.9 Å². The van der Waals surface area contributed by atoms with Crippen molar-refractivity contribution in [2.75, 3.05) is 13.7 Å². The molecule has 0 radical (unpaired) electrons. The van der Waals surface area contributed by atoms with Gasteiger partial charge in [-0.15, -0.1) is 0 Å². The van der Waals surface area contributed by atoms with E-state index in [1.165, 1.54) is 0 Å². The number of benzene rings is 2. The summed E-state index contributed by atoms with van der Waals surface area (Å²) in [6.45, 7) is 0.792. The zero-order valence-corrected chi connectivity index (χ0v) is 16.3. The van der Waals surface area contributed by atoms with Gasteiger partial charge in [0.2, 0.25) is 0 Å². The minimum Gasteiger partial charge on any atom is -0.497 e. The van der Waals surface area contributed by atoms with Gasteiger partial charge in [-0.05, 0) is 67.0 Å². The van der Waals surface area contributed by atoms with Crippen molar-refractivity contribution >= 4 is 17.6 Å². The Labute approximate surface area is 165 Å². The predicted octanol–water partition coefficient (Wildman–Crippen LogP) is 5.35. The average molecular weight is 385 g/mol. The van der Waals surface area contributed by atoms with Crippen LogP contribution in [0.5, 0.6) is 5.75 Å². The van der Waals surface area contributed by atoms with Crippen molar-refractivity contribution in [3.05, 3.63) is 64.7 Å². The van der Waals surface area contributed by atoms with E-state index < -0.39 is 0 Å². The van der Waals surface area contributed by atoms with E-state index in [4.69, 9.17) is 16.3 Å². The number of carbonyl (C=O) groups excluding carboxylic acids is 1. The van der Waals surface area contributed by atoms with Crippen molar-refractivity contribution in [1.29, 1.82) is 0 Å². The normalized spacial score (nSPS) is 20.4. The molecule has 4 rings (SSSR count). The molecule has 2 aromatic rings. The van der Waals surface area contributed by atoms with Crippen LogP contribution >= 0.6 is 11.6 Å². The molecule has 1 saturated heterocycles. The molecule has 0 spiro atoms. The summed E-state index contributed by atoms with van der Waals surface area (Å²) in [6, 6.07) is 16.1. The Balaban J connectivity index is 1.49. The Morgan fingerprint density at radius 1 is 1.11 bits per heavy atom. The Kier molecular flexibility index (Phi) is 5.26. The summed E-state index contributed by atoms with van der Waals surface area (Å²) >= 11 is 6.02. The number of likely N-dealkylation sites (tertiary alicyclic amines) is 1. The van der Waals surface area contributed by atoms with Crippen LogP contribution in [0, 0.1) is 5.92 Å². The maximum absolute atomic E-state index is 13.1. The van der Waals surface area contributed by atoms with Crippen molar-refractivity contribution < 1.29 is 9.53 Å². The van der Waals surface area contributed by atoms with Crippen LogP contribution in [-0.4, -0.2) is 24.6 Å². The van der Waals surface area contributed by atoms with Gasteiger partial charge in [0.25, 0.3) is 0 Å². The van der Waals surface area contributed by atoms with Crippen LogP contribution in [0.15, 0.2) is 48.5 Å². The third-order valence-corrected chi connectivity index (χ3v) is 5.87. The molecule has 142 valence electrons. The number of nitrogens with one attached hydrogen (secondary N) is 1. The van der Waals surface area contributed by atoms with Crippen LogP contribution in [0.25, 0.3) is 0 Å². The van der Waals surface area contributed by atoms with Crippen molar-refractivity contribution in [2.24, 2.45) is 5.92 Å². The van der Waals surface area contributed by atoms with E-state index in [1.54, 1.807) is 7.11 Å². The first-order valence-corrected chi connectivity index (χ1v) is 10.00. The first kappa shape index (κ1) is 18.2.